The molecule has 4 nitrogen and oxygen atoms in total. The number of carbonyl (C=O) groups is 1. The Hall–Kier alpha value is -2.33. The summed E-state index contributed by atoms with van der Waals surface area (Å²) in [7, 11) is 0. The Balaban J connectivity index is 2.17. The van der Waals surface area contributed by atoms with E-state index in [1.54, 1.807) is 29.1 Å². The largest absolute Gasteiger partial charge is 0.477 e. The maximum absolute atomic E-state index is 11.4. The highest BCUT2D eigenvalue weighted by Crippen LogP contribution is 2.23. The quantitative estimate of drug-likeness (QED) is 0.802. The number of aromatic nitrogens is 2. The predicted octanol–water partition coefficient (Wildman–Crippen LogP) is 3.44. The van der Waals surface area contributed by atoms with Gasteiger partial charge in [0.05, 0.1) is 5.02 Å². The lowest BCUT2D eigenvalue weighted by molar-refractivity contribution is 0.0686. The molecule has 1 N–H and O–H groups in total. The molecule has 0 saturated heterocycles. The van der Waals surface area contributed by atoms with Crippen LogP contribution in [0.3, 0.4) is 0 Å². The molecule has 0 radical (unpaired) electrons. The van der Waals surface area contributed by atoms with Crippen LogP contribution in [0.5, 0.6) is 0 Å². The summed E-state index contributed by atoms with van der Waals surface area (Å²) < 4.78 is 1.75. The lowest BCUT2D eigenvalue weighted by atomic mass is 10.2. The molecule has 20 heavy (non-hydrogen) atoms. The van der Waals surface area contributed by atoms with Crippen molar-refractivity contribution >= 4 is 28.5 Å². The molecule has 1 aromatic carbocycles. The molecule has 0 aliphatic carbocycles. The predicted molar refractivity (Wildman–Crippen MR) is 77.2 cm³/mol. The highest BCUT2D eigenvalue weighted by Gasteiger charge is 2.15. The summed E-state index contributed by atoms with van der Waals surface area (Å²) in [6, 6.07) is 11.0. The zero-order chi connectivity index (χ0) is 14.1. The summed E-state index contributed by atoms with van der Waals surface area (Å²) in [5, 5.41) is 10.8. The van der Waals surface area contributed by atoms with Crippen molar-refractivity contribution in [1.29, 1.82) is 0 Å². The van der Waals surface area contributed by atoms with Crippen LogP contribution < -0.4 is 0 Å². The number of halogens is 1. The number of hydrogen-bond donors (Lipinski definition) is 1. The van der Waals surface area contributed by atoms with Crippen molar-refractivity contribution < 1.29 is 9.90 Å². The number of pyridine rings is 1. The van der Waals surface area contributed by atoms with E-state index < -0.39 is 5.97 Å². The number of nitrogens with zero attached hydrogens (tertiary/aromatic N) is 2. The minimum atomic E-state index is -0.952. The second-order valence-electron chi connectivity index (χ2n) is 4.45. The second kappa shape index (κ2) is 4.98. The first-order valence-electron chi connectivity index (χ1n) is 6.07. The average molecular weight is 287 g/mol. The standard InChI is InChI=1S/C15H11ClN2O2/c16-12-8-17-6-5-11(12)9-18-13-4-2-1-3-10(13)7-14(18)15(19)20/h1-8H,9H2,(H,19,20). The molecule has 2 heterocycles. The fraction of sp³-hybridized carbons (Fsp3) is 0.0667. The minimum Gasteiger partial charge on any atom is -0.477 e. The molecular formula is C15H11ClN2O2. The van der Waals surface area contributed by atoms with Crippen LogP contribution in [0.4, 0.5) is 0 Å². The third-order valence-corrected chi connectivity index (χ3v) is 3.55. The maximum Gasteiger partial charge on any atom is 0.352 e. The summed E-state index contributed by atoms with van der Waals surface area (Å²) in [6.07, 6.45) is 3.20. The molecular weight excluding hydrogens is 276 g/mol. The molecule has 3 rings (SSSR count). The molecule has 0 atom stereocenters. The van der Waals surface area contributed by atoms with Gasteiger partial charge < -0.3 is 9.67 Å². The number of benzene rings is 1. The molecule has 0 saturated carbocycles. The summed E-state index contributed by atoms with van der Waals surface area (Å²) in [5.74, 6) is -0.952. The summed E-state index contributed by atoms with van der Waals surface area (Å²) in [5.41, 5.74) is 1.96. The van der Waals surface area contributed by atoms with Gasteiger partial charge in [-0.2, -0.15) is 0 Å². The molecule has 2 aromatic heterocycles. The Bertz CT molecular complexity index is 795. The zero-order valence-electron chi connectivity index (χ0n) is 10.5. The second-order valence-corrected chi connectivity index (χ2v) is 4.85. The topological polar surface area (TPSA) is 55.1 Å². The van der Waals surface area contributed by atoms with Crippen molar-refractivity contribution in [3.05, 3.63) is 65.1 Å². The number of fused-ring (bicyclic) bond motifs is 1. The van der Waals surface area contributed by atoms with Crippen LogP contribution in [0.1, 0.15) is 16.1 Å². The van der Waals surface area contributed by atoms with E-state index in [2.05, 4.69) is 4.98 Å². The van der Waals surface area contributed by atoms with Gasteiger partial charge in [0, 0.05) is 29.8 Å². The Morgan fingerprint density at radius 1 is 1.30 bits per heavy atom. The van der Waals surface area contributed by atoms with E-state index in [-0.39, 0.29) is 5.69 Å². The van der Waals surface area contributed by atoms with Gasteiger partial charge in [-0.05, 0) is 23.8 Å². The van der Waals surface area contributed by atoms with E-state index >= 15 is 0 Å². The molecule has 0 aliphatic rings. The average Bonchev–Trinajstić information content (AvgIpc) is 2.81. The highest BCUT2D eigenvalue weighted by atomic mass is 35.5. The Morgan fingerprint density at radius 3 is 2.85 bits per heavy atom. The zero-order valence-corrected chi connectivity index (χ0v) is 11.2. The summed E-state index contributed by atoms with van der Waals surface area (Å²) in [4.78, 5) is 15.3. The van der Waals surface area contributed by atoms with E-state index in [4.69, 9.17) is 11.6 Å². The molecule has 5 heteroatoms. The number of aromatic carboxylic acids is 1. The molecule has 0 bridgehead atoms. The van der Waals surface area contributed by atoms with Crippen LogP contribution in [0.25, 0.3) is 10.9 Å². The molecule has 0 unspecified atom stereocenters. The number of carboxylic acid groups (broad SMARTS) is 1. The monoisotopic (exact) mass is 286 g/mol. The third kappa shape index (κ3) is 2.14. The van der Waals surface area contributed by atoms with Crippen LogP contribution >= 0.6 is 11.6 Å². The van der Waals surface area contributed by atoms with Gasteiger partial charge in [0.15, 0.2) is 0 Å². The summed E-state index contributed by atoms with van der Waals surface area (Å²) in [6.45, 7) is 0.399. The number of carboxylic acids is 1. The smallest absolute Gasteiger partial charge is 0.352 e. The van der Waals surface area contributed by atoms with Gasteiger partial charge in [-0.1, -0.05) is 29.8 Å². The van der Waals surface area contributed by atoms with E-state index in [0.717, 1.165) is 16.5 Å². The molecule has 0 aliphatic heterocycles. The van der Waals surface area contributed by atoms with E-state index in [1.807, 2.05) is 24.3 Å². The lowest BCUT2D eigenvalue weighted by Gasteiger charge is -2.09. The first kappa shape index (κ1) is 12.7. The fourth-order valence-electron chi connectivity index (χ4n) is 2.26. The number of rotatable bonds is 3. The highest BCUT2D eigenvalue weighted by molar-refractivity contribution is 6.31. The lowest BCUT2D eigenvalue weighted by Crippen LogP contribution is -2.09. The van der Waals surface area contributed by atoms with Crippen molar-refractivity contribution in [3.63, 3.8) is 0 Å². The van der Waals surface area contributed by atoms with E-state index in [1.165, 1.54) is 0 Å². The maximum atomic E-state index is 11.4. The van der Waals surface area contributed by atoms with Crippen LogP contribution in [0, 0.1) is 0 Å². The molecule has 3 aromatic rings. The first-order chi connectivity index (χ1) is 9.66. The van der Waals surface area contributed by atoms with Gasteiger partial charge in [-0.15, -0.1) is 0 Å². The molecule has 0 spiro atoms. The van der Waals surface area contributed by atoms with Gasteiger partial charge in [0.25, 0.3) is 0 Å². The van der Waals surface area contributed by atoms with E-state index in [9.17, 15) is 9.90 Å². The Morgan fingerprint density at radius 2 is 2.10 bits per heavy atom. The third-order valence-electron chi connectivity index (χ3n) is 3.21. The van der Waals surface area contributed by atoms with Crippen LogP contribution in [0.2, 0.25) is 5.02 Å². The van der Waals surface area contributed by atoms with Gasteiger partial charge >= 0.3 is 5.97 Å². The molecule has 0 fully saturated rings. The first-order valence-corrected chi connectivity index (χ1v) is 6.44. The van der Waals surface area contributed by atoms with Crippen LogP contribution in [-0.2, 0) is 6.54 Å². The number of para-hydroxylation sites is 1. The van der Waals surface area contributed by atoms with Crippen molar-refractivity contribution in [3.8, 4) is 0 Å². The SMILES string of the molecule is O=C(O)c1cc2ccccc2n1Cc1ccncc1Cl. The van der Waals surface area contributed by atoms with Gasteiger partial charge in [0.1, 0.15) is 5.69 Å². The van der Waals surface area contributed by atoms with Crippen molar-refractivity contribution in [2.75, 3.05) is 0 Å². The minimum absolute atomic E-state index is 0.249. The van der Waals surface area contributed by atoms with Crippen molar-refractivity contribution in [2.45, 2.75) is 6.54 Å². The Kier molecular flexibility index (Phi) is 3.16. The summed E-state index contributed by atoms with van der Waals surface area (Å²) >= 11 is 6.10. The molecule has 0 amide bonds. The normalized spacial score (nSPS) is 10.8. The fourth-order valence-corrected chi connectivity index (χ4v) is 2.44. The van der Waals surface area contributed by atoms with Gasteiger partial charge in [0.2, 0.25) is 0 Å². The van der Waals surface area contributed by atoms with Gasteiger partial charge in [-0.3, -0.25) is 4.98 Å². The van der Waals surface area contributed by atoms with Crippen LogP contribution in [0.15, 0.2) is 48.8 Å². The number of hydrogen-bond acceptors (Lipinski definition) is 2. The Labute approximate surface area is 120 Å². The van der Waals surface area contributed by atoms with Gasteiger partial charge in [-0.25, -0.2) is 4.79 Å². The van der Waals surface area contributed by atoms with Crippen LogP contribution in [-0.4, -0.2) is 20.6 Å². The van der Waals surface area contributed by atoms with E-state index in [0.29, 0.717) is 11.6 Å². The molecule has 100 valence electrons. The van der Waals surface area contributed by atoms with Crippen molar-refractivity contribution in [2.24, 2.45) is 0 Å². The van der Waals surface area contributed by atoms with Crippen molar-refractivity contribution in [1.82, 2.24) is 9.55 Å².